The van der Waals surface area contributed by atoms with Crippen molar-refractivity contribution in [3.8, 4) is 0 Å². The van der Waals surface area contributed by atoms with E-state index in [1.165, 1.54) is 0 Å². The third-order valence-electron chi connectivity index (χ3n) is 1.77. The molecule has 1 nitrogen and oxygen atoms in total. The first-order chi connectivity index (χ1) is 6.73. The summed E-state index contributed by atoms with van der Waals surface area (Å²) < 4.78 is 35.7. The Morgan fingerprint density at radius 3 is 2.27 bits per heavy atom. The summed E-state index contributed by atoms with van der Waals surface area (Å²) in [6, 6.07) is 0. The molecule has 0 aromatic carbocycles. The van der Waals surface area contributed by atoms with Gasteiger partial charge in [-0.05, 0) is 17.8 Å². The minimum atomic E-state index is -4.70. The zero-order chi connectivity index (χ0) is 12.1. The predicted octanol–water partition coefficient (Wildman–Crippen LogP) is 2.72. The second kappa shape index (κ2) is 6.20. The number of carbonyl (C=O) groups is 1. The highest BCUT2D eigenvalue weighted by molar-refractivity contribution is 7.95. The molecule has 0 rings (SSSR count). The first-order valence-electron chi connectivity index (χ1n) is 4.53. The van der Waals surface area contributed by atoms with E-state index in [2.05, 4.69) is 12.5 Å². The predicted molar refractivity (Wildman–Crippen MR) is 58.1 cm³/mol. The molecule has 0 unspecified atom stereocenters. The van der Waals surface area contributed by atoms with Crippen LogP contribution in [0.15, 0.2) is 11.6 Å². The number of hydrogen-bond donors (Lipinski definition) is 0. The molecule has 15 heavy (non-hydrogen) atoms. The van der Waals surface area contributed by atoms with Crippen LogP contribution >= 0.6 is 0 Å². The van der Waals surface area contributed by atoms with Crippen molar-refractivity contribution < 1.29 is 18.0 Å². The van der Waals surface area contributed by atoms with E-state index >= 15 is 0 Å². The molecule has 0 aromatic heterocycles. The fraction of sp³-hybridized carbons (Fsp3) is 0.700. The smallest absolute Gasteiger partial charge is 0.289 e. The van der Waals surface area contributed by atoms with Crippen molar-refractivity contribution in [3.63, 3.8) is 0 Å². The number of hydrogen-bond acceptors (Lipinski definition) is 1. The molecular weight excluding hydrogens is 225 g/mol. The molecule has 0 heterocycles. The number of allylic oxidation sites excluding steroid dienone is 2. The van der Waals surface area contributed by atoms with Crippen LogP contribution in [-0.4, -0.2) is 30.2 Å². The van der Waals surface area contributed by atoms with Gasteiger partial charge in [-0.2, -0.15) is 13.2 Å². The molecule has 0 saturated heterocycles. The largest absolute Gasteiger partial charge is 0.450 e. The van der Waals surface area contributed by atoms with Gasteiger partial charge in [0.15, 0.2) is 0 Å². The number of alkyl halides is 3. The summed E-state index contributed by atoms with van der Waals surface area (Å²) in [5.41, 5.74) is 0.503. The minimum absolute atomic E-state index is 0.287. The topological polar surface area (TPSA) is 17.1 Å². The summed E-state index contributed by atoms with van der Waals surface area (Å²) in [6.07, 6.45) is 1.40. The van der Waals surface area contributed by atoms with Crippen LogP contribution in [0, 0.1) is 0 Å². The Hall–Kier alpha value is -0.450. The van der Waals surface area contributed by atoms with Crippen LogP contribution in [-0.2, 0) is 15.7 Å². The second-order valence-corrected chi connectivity index (χ2v) is 6.01. The highest BCUT2D eigenvalue weighted by Gasteiger charge is 2.37. The fourth-order valence-corrected chi connectivity index (χ4v) is 1.56. The van der Waals surface area contributed by atoms with Crippen LogP contribution in [0.3, 0.4) is 0 Å². The molecule has 5 heteroatoms. The van der Waals surface area contributed by atoms with Gasteiger partial charge in [0.2, 0.25) is 5.78 Å². The zero-order valence-corrected chi connectivity index (χ0v) is 9.97. The van der Waals surface area contributed by atoms with Crippen LogP contribution in [0.25, 0.3) is 0 Å². The number of rotatable bonds is 5. The lowest BCUT2D eigenvalue weighted by atomic mass is 10.1. The summed E-state index contributed by atoms with van der Waals surface area (Å²) in [5, 5.41) is 0. The average Bonchev–Trinajstić information content (AvgIpc) is 2.01. The van der Waals surface area contributed by atoms with E-state index in [0.29, 0.717) is 5.57 Å². The standard InChI is InChI=1S/C10H16F3OS/c1-8(5-4-6-15(2)3)7-9(14)10(11,12)13/h5H,4,6-7H2,1-3H3/q+1/b8-5+. The van der Waals surface area contributed by atoms with E-state index in [-0.39, 0.29) is 10.9 Å². The normalized spacial score (nSPS) is 13.4. The summed E-state index contributed by atoms with van der Waals surface area (Å²) in [7, 11) is 0.287. The summed E-state index contributed by atoms with van der Waals surface area (Å²) in [5.74, 6) is -0.708. The van der Waals surface area contributed by atoms with Crippen molar-refractivity contribution in [3.05, 3.63) is 11.6 Å². The molecule has 0 spiro atoms. The van der Waals surface area contributed by atoms with E-state index in [0.717, 1.165) is 12.2 Å². The van der Waals surface area contributed by atoms with Crippen LogP contribution in [0.4, 0.5) is 13.2 Å². The Morgan fingerprint density at radius 1 is 1.33 bits per heavy atom. The van der Waals surface area contributed by atoms with E-state index in [1.54, 1.807) is 13.0 Å². The Morgan fingerprint density at radius 2 is 1.87 bits per heavy atom. The molecule has 0 fully saturated rings. The zero-order valence-electron chi connectivity index (χ0n) is 9.15. The second-order valence-electron chi connectivity index (χ2n) is 3.63. The van der Waals surface area contributed by atoms with Crippen LogP contribution in [0.1, 0.15) is 19.8 Å². The third kappa shape index (κ3) is 7.48. The Labute approximate surface area is 91.1 Å². The fourth-order valence-electron chi connectivity index (χ4n) is 0.967. The van der Waals surface area contributed by atoms with E-state index in [4.69, 9.17) is 0 Å². The molecule has 0 aliphatic rings. The van der Waals surface area contributed by atoms with Gasteiger partial charge >= 0.3 is 6.18 Å². The first-order valence-corrected chi connectivity index (χ1v) is 6.74. The maximum Gasteiger partial charge on any atom is 0.450 e. The highest BCUT2D eigenvalue weighted by Crippen LogP contribution is 2.20. The lowest BCUT2D eigenvalue weighted by Crippen LogP contribution is -2.22. The minimum Gasteiger partial charge on any atom is -0.289 e. The van der Waals surface area contributed by atoms with Crippen LogP contribution in [0.5, 0.6) is 0 Å². The van der Waals surface area contributed by atoms with Crippen molar-refractivity contribution in [1.82, 2.24) is 0 Å². The quantitative estimate of drug-likeness (QED) is 0.534. The molecule has 0 amide bonds. The van der Waals surface area contributed by atoms with Crippen molar-refractivity contribution >= 4 is 16.7 Å². The van der Waals surface area contributed by atoms with Gasteiger partial charge in [0.25, 0.3) is 0 Å². The number of ketones is 1. The SMILES string of the molecule is C/C(=C\CC[S+](C)C)CC(=O)C(F)(F)F. The van der Waals surface area contributed by atoms with Gasteiger partial charge in [0, 0.05) is 12.8 Å². The highest BCUT2D eigenvalue weighted by atomic mass is 32.2. The molecule has 0 radical (unpaired) electrons. The van der Waals surface area contributed by atoms with Crippen LogP contribution in [0.2, 0.25) is 0 Å². The van der Waals surface area contributed by atoms with Crippen LogP contribution < -0.4 is 0 Å². The van der Waals surface area contributed by atoms with Gasteiger partial charge < -0.3 is 0 Å². The molecule has 0 aliphatic heterocycles. The lowest BCUT2D eigenvalue weighted by molar-refractivity contribution is -0.170. The number of Topliss-reactive ketones (excluding diaryl/α,β-unsaturated/α-hetero) is 1. The van der Waals surface area contributed by atoms with Crippen molar-refractivity contribution in [2.45, 2.75) is 25.9 Å². The third-order valence-corrected chi connectivity index (χ3v) is 2.83. The van der Waals surface area contributed by atoms with E-state index in [9.17, 15) is 18.0 Å². The van der Waals surface area contributed by atoms with Gasteiger partial charge in [-0.15, -0.1) is 0 Å². The van der Waals surface area contributed by atoms with Gasteiger partial charge in [-0.3, -0.25) is 4.79 Å². The Kier molecular flexibility index (Phi) is 6.02. The number of carbonyl (C=O) groups excluding carboxylic acids is 1. The van der Waals surface area contributed by atoms with Crippen molar-refractivity contribution in [2.75, 3.05) is 18.3 Å². The average molecular weight is 241 g/mol. The van der Waals surface area contributed by atoms with Gasteiger partial charge in [-0.25, -0.2) is 0 Å². The lowest BCUT2D eigenvalue weighted by Gasteiger charge is -2.04. The van der Waals surface area contributed by atoms with Gasteiger partial charge in [-0.1, -0.05) is 11.6 Å². The van der Waals surface area contributed by atoms with Gasteiger partial charge in [0.1, 0.15) is 5.75 Å². The monoisotopic (exact) mass is 241 g/mol. The molecule has 88 valence electrons. The molecule has 0 atom stereocenters. The van der Waals surface area contributed by atoms with E-state index in [1.807, 2.05) is 0 Å². The molecule has 0 aliphatic carbocycles. The summed E-state index contributed by atoms with van der Waals surface area (Å²) in [4.78, 5) is 10.6. The molecule has 0 saturated carbocycles. The molecule has 0 N–H and O–H groups in total. The van der Waals surface area contributed by atoms with E-state index < -0.39 is 18.4 Å². The number of halogens is 3. The maximum atomic E-state index is 11.9. The molecule has 0 aromatic rings. The maximum absolute atomic E-state index is 11.9. The molecular formula is C10H16F3OS+. The molecule has 0 bridgehead atoms. The Balaban J connectivity index is 4.02. The Bertz CT molecular complexity index is 244. The van der Waals surface area contributed by atoms with Gasteiger partial charge in [0.05, 0.1) is 12.5 Å². The first kappa shape index (κ1) is 14.6. The summed E-state index contributed by atoms with van der Waals surface area (Å²) >= 11 is 0. The summed E-state index contributed by atoms with van der Waals surface area (Å²) in [6.45, 7) is 1.56. The van der Waals surface area contributed by atoms with Crippen molar-refractivity contribution in [1.29, 1.82) is 0 Å². The van der Waals surface area contributed by atoms with Crippen molar-refractivity contribution in [2.24, 2.45) is 0 Å².